The zero-order valence-corrected chi connectivity index (χ0v) is 16.6. The van der Waals surface area contributed by atoms with Gasteiger partial charge in [-0.3, -0.25) is 4.79 Å². The molecule has 1 saturated heterocycles. The number of hydrogen-bond acceptors (Lipinski definition) is 4. The van der Waals surface area contributed by atoms with Crippen LogP contribution in [0.5, 0.6) is 0 Å². The number of carbonyl (C=O) groups excluding carboxylic acids is 1. The number of rotatable bonds is 5. The van der Waals surface area contributed by atoms with Gasteiger partial charge in [-0.25, -0.2) is 8.42 Å². The third-order valence-corrected chi connectivity index (χ3v) is 7.41. The van der Waals surface area contributed by atoms with E-state index in [-0.39, 0.29) is 6.04 Å². The van der Waals surface area contributed by atoms with Crippen molar-refractivity contribution in [2.75, 3.05) is 19.3 Å². The minimum Gasteiger partial charge on any atom is -0.348 e. The van der Waals surface area contributed by atoms with Gasteiger partial charge in [-0.1, -0.05) is 54.6 Å². The molecule has 2 aromatic carbocycles. The van der Waals surface area contributed by atoms with Gasteiger partial charge in [0.2, 0.25) is 5.91 Å². The van der Waals surface area contributed by atoms with E-state index in [0.29, 0.717) is 25.9 Å². The largest absolute Gasteiger partial charge is 0.348 e. The average Bonchev–Trinajstić information content (AvgIpc) is 2.68. The third-order valence-electron chi connectivity index (χ3n) is 5.40. The molecule has 2 N–H and O–H groups in total. The molecule has 0 spiro atoms. The van der Waals surface area contributed by atoms with E-state index in [1.165, 1.54) is 0 Å². The molecule has 1 unspecified atom stereocenters. The fraction of sp³-hybridized carbons (Fsp3) is 0.381. The summed E-state index contributed by atoms with van der Waals surface area (Å²) in [5, 5.41) is 6.06. The minimum absolute atomic E-state index is 0.268. The van der Waals surface area contributed by atoms with Crippen molar-refractivity contribution in [3.63, 3.8) is 0 Å². The van der Waals surface area contributed by atoms with E-state index in [1.807, 2.05) is 61.5 Å². The molecule has 0 aromatic heterocycles. The second kappa shape index (κ2) is 7.82. The van der Waals surface area contributed by atoms with Crippen molar-refractivity contribution in [2.45, 2.75) is 30.6 Å². The summed E-state index contributed by atoms with van der Waals surface area (Å²) in [5.41, 5.74) is 3.18. The van der Waals surface area contributed by atoms with Gasteiger partial charge in [-0.15, -0.1) is 0 Å². The standard InChI is InChI=1S/C21H26N2O3S/c1-16(17-8-10-19(11-9-17)18-6-4-3-5-7-18)23-20(24)21(27(2,25)26)12-14-22-15-13-21/h3-11,16,22H,12-15H2,1-2H3,(H,23,24). The Morgan fingerprint density at radius 2 is 1.56 bits per heavy atom. The molecule has 1 atom stereocenters. The highest BCUT2D eigenvalue weighted by molar-refractivity contribution is 7.92. The molecule has 0 radical (unpaired) electrons. The second-order valence-electron chi connectivity index (χ2n) is 7.20. The topological polar surface area (TPSA) is 75.3 Å². The van der Waals surface area contributed by atoms with Crippen LogP contribution in [0.25, 0.3) is 11.1 Å². The highest BCUT2D eigenvalue weighted by Gasteiger charge is 2.48. The van der Waals surface area contributed by atoms with Crippen LogP contribution < -0.4 is 10.6 Å². The maximum absolute atomic E-state index is 12.9. The fourth-order valence-corrected chi connectivity index (χ4v) is 4.94. The summed E-state index contributed by atoms with van der Waals surface area (Å²) >= 11 is 0. The zero-order chi connectivity index (χ0) is 19.5. The van der Waals surface area contributed by atoms with Gasteiger partial charge < -0.3 is 10.6 Å². The SMILES string of the molecule is CC(NC(=O)C1(S(C)(=O)=O)CCNCC1)c1ccc(-c2ccccc2)cc1. The van der Waals surface area contributed by atoms with Crippen LogP contribution in [0.15, 0.2) is 54.6 Å². The molecule has 1 fully saturated rings. The van der Waals surface area contributed by atoms with Gasteiger partial charge in [0, 0.05) is 6.26 Å². The lowest BCUT2D eigenvalue weighted by atomic mass is 9.94. The van der Waals surface area contributed by atoms with Crippen molar-refractivity contribution < 1.29 is 13.2 Å². The lowest BCUT2D eigenvalue weighted by Gasteiger charge is -2.35. The van der Waals surface area contributed by atoms with E-state index in [4.69, 9.17) is 0 Å². The number of carbonyl (C=O) groups is 1. The molecule has 2 aromatic rings. The summed E-state index contributed by atoms with van der Waals surface area (Å²) in [6.45, 7) is 2.94. The average molecular weight is 387 g/mol. The van der Waals surface area contributed by atoms with E-state index in [9.17, 15) is 13.2 Å². The van der Waals surface area contributed by atoms with Gasteiger partial charge in [0.1, 0.15) is 0 Å². The predicted octanol–water partition coefficient (Wildman–Crippen LogP) is 2.70. The van der Waals surface area contributed by atoms with Crippen molar-refractivity contribution >= 4 is 15.7 Å². The van der Waals surface area contributed by atoms with Crippen molar-refractivity contribution in [3.8, 4) is 11.1 Å². The van der Waals surface area contributed by atoms with Gasteiger partial charge in [0.25, 0.3) is 0 Å². The Morgan fingerprint density at radius 3 is 2.11 bits per heavy atom. The molecule has 27 heavy (non-hydrogen) atoms. The number of amides is 1. The normalized spacial score (nSPS) is 17.9. The van der Waals surface area contributed by atoms with E-state index in [1.54, 1.807) is 0 Å². The molecule has 1 amide bonds. The van der Waals surface area contributed by atoms with Crippen LogP contribution in [-0.4, -0.2) is 38.4 Å². The Morgan fingerprint density at radius 1 is 1.00 bits per heavy atom. The summed E-state index contributed by atoms with van der Waals surface area (Å²) in [6.07, 6.45) is 1.77. The van der Waals surface area contributed by atoms with E-state index in [0.717, 1.165) is 22.9 Å². The summed E-state index contributed by atoms with van der Waals surface area (Å²) in [6, 6.07) is 17.8. The monoisotopic (exact) mass is 386 g/mol. The molecule has 0 bridgehead atoms. The van der Waals surface area contributed by atoms with Crippen molar-refractivity contribution in [3.05, 3.63) is 60.2 Å². The first-order valence-electron chi connectivity index (χ1n) is 9.20. The lowest BCUT2D eigenvalue weighted by Crippen LogP contribution is -2.57. The molecular formula is C21H26N2O3S. The van der Waals surface area contributed by atoms with Crippen LogP contribution in [0.4, 0.5) is 0 Å². The van der Waals surface area contributed by atoms with Crippen molar-refractivity contribution in [1.82, 2.24) is 10.6 Å². The third kappa shape index (κ3) is 4.06. The van der Waals surface area contributed by atoms with Gasteiger partial charge in [0.05, 0.1) is 6.04 Å². The molecule has 1 aliphatic heterocycles. The molecule has 1 heterocycles. The first-order chi connectivity index (χ1) is 12.8. The molecule has 144 valence electrons. The maximum atomic E-state index is 12.9. The van der Waals surface area contributed by atoms with Crippen molar-refractivity contribution in [2.24, 2.45) is 0 Å². The molecular weight excluding hydrogens is 360 g/mol. The summed E-state index contributed by atoms with van der Waals surface area (Å²) in [5.74, 6) is -0.397. The van der Waals surface area contributed by atoms with Gasteiger partial charge in [-0.05, 0) is 49.5 Å². The zero-order valence-electron chi connectivity index (χ0n) is 15.7. The number of hydrogen-bond donors (Lipinski definition) is 2. The molecule has 0 saturated carbocycles. The number of nitrogens with one attached hydrogen (secondary N) is 2. The first kappa shape index (κ1) is 19.6. The first-order valence-corrected chi connectivity index (χ1v) is 11.1. The van der Waals surface area contributed by atoms with Crippen LogP contribution in [0.2, 0.25) is 0 Å². The Balaban J connectivity index is 1.76. The Kier molecular flexibility index (Phi) is 5.67. The summed E-state index contributed by atoms with van der Waals surface area (Å²) in [4.78, 5) is 12.9. The van der Waals surface area contributed by atoms with Gasteiger partial charge >= 0.3 is 0 Å². The smallest absolute Gasteiger partial charge is 0.242 e. The molecule has 6 heteroatoms. The highest BCUT2D eigenvalue weighted by atomic mass is 32.2. The summed E-state index contributed by atoms with van der Waals surface area (Å²) in [7, 11) is -3.51. The Bertz CT molecular complexity index is 887. The number of sulfone groups is 1. The van der Waals surface area contributed by atoms with Crippen LogP contribution in [0, 0.1) is 0 Å². The maximum Gasteiger partial charge on any atom is 0.242 e. The lowest BCUT2D eigenvalue weighted by molar-refractivity contribution is -0.125. The molecule has 0 aliphatic carbocycles. The van der Waals surface area contributed by atoms with Crippen LogP contribution in [0.1, 0.15) is 31.4 Å². The Labute approximate surface area is 161 Å². The number of benzene rings is 2. The van der Waals surface area contributed by atoms with Crippen LogP contribution in [0.3, 0.4) is 0 Å². The van der Waals surface area contributed by atoms with Crippen LogP contribution in [-0.2, 0) is 14.6 Å². The predicted molar refractivity (Wildman–Crippen MR) is 108 cm³/mol. The Hall–Kier alpha value is -2.18. The van der Waals surface area contributed by atoms with Crippen LogP contribution >= 0.6 is 0 Å². The summed E-state index contributed by atoms with van der Waals surface area (Å²) < 4.78 is 23.4. The number of piperidine rings is 1. The highest BCUT2D eigenvalue weighted by Crippen LogP contribution is 2.29. The second-order valence-corrected chi connectivity index (χ2v) is 9.53. The molecule has 3 rings (SSSR count). The minimum atomic E-state index is -3.51. The van der Waals surface area contributed by atoms with E-state index < -0.39 is 20.5 Å². The van der Waals surface area contributed by atoms with Crippen molar-refractivity contribution in [1.29, 1.82) is 0 Å². The fourth-order valence-electron chi connectivity index (χ4n) is 3.60. The van der Waals surface area contributed by atoms with Gasteiger partial charge in [-0.2, -0.15) is 0 Å². The van der Waals surface area contributed by atoms with Gasteiger partial charge in [0.15, 0.2) is 14.6 Å². The molecule has 5 nitrogen and oxygen atoms in total. The van der Waals surface area contributed by atoms with E-state index >= 15 is 0 Å². The quantitative estimate of drug-likeness (QED) is 0.828. The molecule has 1 aliphatic rings. The van der Waals surface area contributed by atoms with E-state index in [2.05, 4.69) is 10.6 Å².